The zero-order valence-corrected chi connectivity index (χ0v) is 12.0. The second kappa shape index (κ2) is 6.15. The molecule has 0 aromatic heterocycles. The van der Waals surface area contributed by atoms with Crippen LogP contribution in [0.5, 0.6) is 0 Å². The average molecular weight is 289 g/mol. The summed E-state index contributed by atoms with van der Waals surface area (Å²) in [4.78, 5) is 8.52. The lowest BCUT2D eigenvalue weighted by molar-refractivity contribution is 0.238. The molecule has 0 bridgehead atoms. The highest BCUT2D eigenvalue weighted by molar-refractivity contribution is 6.05. The van der Waals surface area contributed by atoms with Crippen molar-refractivity contribution in [1.29, 1.82) is 0 Å². The highest BCUT2D eigenvalue weighted by Crippen LogP contribution is 2.32. The molecule has 0 fully saturated rings. The van der Waals surface area contributed by atoms with Crippen LogP contribution in [0.25, 0.3) is 11.1 Å². The first-order valence-electron chi connectivity index (χ1n) is 6.92. The fourth-order valence-electron chi connectivity index (χ4n) is 2.05. The predicted molar refractivity (Wildman–Crippen MR) is 89.4 cm³/mol. The number of rotatable bonds is 3. The first kappa shape index (κ1) is 13.9. The van der Waals surface area contributed by atoms with Gasteiger partial charge in [-0.2, -0.15) is 0 Å². The molecule has 4 nitrogen and oxygen atoms in total. The number of ether oxygens (including phenoxy) is 1. The van der Waals surface area contributed by atoms with E-state index >= 15 is 0 Å². The highest BCUT2D eigenvalue weighted by Gasteiger charge is 2.22. The van der Waals surface area contributed by atoms with Gasteiger partial charge in [-0.3, -0.25) is 4.99 Å². The van der Waals surface area contributed by atoms with E-state index in [-0.39, 0.29) is 6.17 Å². The second-order valence-electron chi connectivity index (χ2n) is 4.75. The van der Waals surface area contributed by atoms with Gasteiger partial charge in [0.2, 0.25) is 5.88 Å². The van der Waals surface area contributed by atoms with Crippen molar-refractivity contribution in [3.8, 4) is 23.5 Å². The summed E-state index contributed by atoms with van der Waals surface area (Å²) in [5, 5.41) is 3.07. The van der Waals surface area contributed by atoms with Crippen LogP contribution in [0.4, 0.5) is 0 Å². The van der Waals surface area contributed by atoms with Gasteiger partial charge in [0.05, 0.1) is 5.71 Å². The smallest absolute Gasteiger partial charge is 0.247 e. The minimum atomic E-state index is -0.202. The predicted octanol–water partition coefficient (Wildman–Crippen LogP) is 2.67. The van der Waals surface area contributed by atoms with E-state index in [1.807, 2.05) is 12.2 Å². The van der Waals surface area contributed by atoms with Crippen LogP contribution < -0.4 is 5.32 Å². The molecule has 2 aliphatic carbocycles. The molecule has 0 aromatic carbocycles. The third-order valence-corrected chi connectivity index (χ3v) is 3.19. The molecule has 0 saturated heterocycles. The second-order valence-corrected chi connectivity index (χ2v) is 4.75. The van der Waals surface area contributed by atoms with Crippen molar-refractivity contribution < 1.29 is 4.74 Å². The topological polar surface area (TPSA) is 46.0 Å². The Morgan fingerprint density at radius 1 is 1.41 bits per heavy atom. The Morgan fingerprint density at radius 2 is 2.23 bits per heavy atom. The third kappa shape index (κ3) is 2.99. The summed E-state index contributed by atoms with van der Waals surface area (Å²) in [5.41, 5.74) is 4.16. The van der Waals surface area contributed by atoms with Crippen molar-refractivity contribution in [2.75, 3.05) is 6.61 Å². The van der Waals surface area contributed by atoms with Crippen LogP contribution in [0.1, 0.15) is 0 Å². The maximum absolute atomic E-state index is 5.37. The molecular formula is C18H15N3O. The standard InChI is InChI=1S/C12H11N3O.C6H4/c1-3-8-16-12-9(4-2)14-11-10(15-12)6-5-7-13-11;1-2-5-4-6(5)3-1/h2-3,5-7,11,14H,1,8H2;1-4H. The number of benzene rings is 1. The molecule has 2 heterocycles. The summed E-state index contributed by atoms with van der Waals surface area (Å²) >= 11 is 0. The monoisotopic (exact) mass is 289 g/mol. The molecule has 22 heavy (non-hydrogen) atoms. The van der Waals surface area contributed by atoms with Crippen molar-refractivity contribution in [3.63, 3.8) is 0 Å². The van der Waals surface area contributed by atoms with Crippen molar-refractivity contribution in [3.05, 3.63) is 60.7 Å². The Bertz CT molecular complexity index is 746. The van der Waals surface area contributed by atoms with E-state index in [0.29, 0.717) is 18.2 Å². The van der Waals surface area contributed by atoms with E-state index in [4.69, 9.17) is 11.2 Å². The first-order valence-corrected chi connectivity index (χ1v) is 6.92. The molecule has 4 heteroatoms. The molecular weight excluding hydrogens is 274 g/mol. The van der Waals surface area contributed by atoms with E-state index < -0.39 is 0 Å². The Morgan fingerprint density at radius 3 is 2.82 bits per heavy atom. The molecule has 0 radical (unpaired) electrons. The van der Waals surface area contributed by atoms with Gasteiger partial charge in [-0.1, -0.05) is 30.9 Å². The number of fused-ring (bicyclic) bond motifs is 2. The largest absolute Gasteiger partial charge is 0.471 e. The van der Waals surface area contributed by atoms with Crippen LogP contribution >= 0.6 is 0 Å². The van der Waals surface area contributed by atoms with E-state index in [1.165, 1.54) is 11.1 Å². The van der Waals surface area contributed by atoms with Crippen LogP contribution in [0.3, 0.4) is 0 Å². The summed E-state index contributed by atoms with van der Waals surface area (Å²) in [7, 11) is 0. The fourth-order valence-corrected chi connectivity index (χ4v) is 2.05. The Labute approximate surface area is 129 Å². The molecule has 4 rings (SSSR count). The van der Waals surface area contributed by atoms with E-state index in [1.54, 1.807) is 12.3 Å². The number of hydrogen-bond acceptors (Lipinski definition) is 4. The Balaban J connectivity index is 0.000000196. The molecule has 2 aliphatic heterocycles. The molecule has 0 aromatic rings. The lowest BCUT2D eigenvalue weighted by Gasteiger charge is -2.23. The van der Waals surface area contributed by atoms with Gasteiger partial charge in [0, 0.05) is 6.21 Å². The van der Waals surface area contributed by atoms with Gasteiger partial charge in [0.15, 0.2) is 11.9 Å². The van der Waals surface area contributed by atoms with Crippen LogP contribution in [0.2, 0.25) is 0 Å². The number of dihydropyridines is 1. The van der Waals surface area contributed by atoms with Gasteiger partial charge < -0.3 is 10.1 Å². The molecule has 108 valence electrons. The molecule has 1 N–H and O–H groups in total. The Hall–Kier alpha value is -3.06. The maximum Gasteiger partial charge on any atom is 0.247 e. The highest BCUT2D eigenvalue weighted by atomic mass is 16.5. The molecule has 0 amide bonds. The van der Waals surface area contributed by atoms with Gasteiger partial charge in [0.25, 0.3) is 0 Å². The number of terminal acetylenes is 1. The maximum atomic E-state index is 5.37. The Kier molecular flexibility index (Phi) is 3.88. The normalized spacial score (nSPS) is 18.9. The van der Waals surface area contributed by atoms with Crippen LogP contribution in [-0.4, -0.2) is 24.7 Å². The quantitative estimate of drug-likeness (QED) is 0.697. The van der Waals surface area contributed by atoms with Crippen molar-refractivity contribution in [2.24, 2.45) is 9.98 Å². The average Bonchev–Trinajstić information content (AvgIpc) is 3.17. The lowest BCUT2D eigenvalue weighted by atomic mass is 10.2. The molecule has 4 aliphatic rings. The van der Waals surface area contributed by atoms with Crippen LogP contribution in [-0.2, 0) is 4.74 Å². The fraction of sp³-hybridized carbons (Fsp3) is 0.111. The minimum Gasteiger partial charge on any atom is -0.471 e. The van der Waals surface area contributed by atoms with E-state index in [9.17, 15) is 0 Å². The van der Waals surface area contributed by atoms with Crippen molar-refractivity contribution in [2.45, 2.75) is 6.17 Å². The summed E-state index contributed by atoms with van der Waals surface area (Å²) in [5.74, 6) is 2.91. The van der Waals surface area contributed by atoms with Crippen LogP contribution in [0.15, 0.2) is 70.6 Å². The summed E-state index contributed by atoms with van der Waals surface area (Å²) in [6.45, 7) is 3.94. The summed E-state index contributed by atoms with van der Waals surface area (Å²) < 4.78 is 5.37. The molecule has 1 unspecified atom stereocenters. The van der Waals surface area contributed by atoms with Gasteiger partial charge >= 0.3 is 0 Å². The SMILES string of the molecule is C#CC1=C(OCC=C)N=C2C=CC=NC2N1.c1cc2cc-2c1. The third-order valence-electron chi connectivity index (χ3n) is 3.19. The molecule has 0 spiro atoms. The van der Waals surface area contributed by atoms with Gasteiger partial charge in [-0.05, 0) is 35.3 Å². The summed E-state index contributed by atoms with van der Waals surface area (Å²) in [6.07, 6.45) is 12.2. The molecule has 1 atom stereocenters. The number of aliphatic imine (C=N–C) groups is 2. The molecule has 0 saturated carbocycles. The van der Waals surface area contributed by atoms with Crippen molar-refractivity contribution >= 4 is 11.9 Å². The van der Waals surface area contributed by atoms with Gasteiger partial charge in [-0.25, -0.2) is 4.99 Å². The van der Waals surface area contributed by atoms with E-state index in [2.05, 4.69) is 52.1 Å². The number of nitrogens with zero attached hydrogens (tertiary/aromatic N) is 2. The lowest BCUT2D eigenvalue weighted by Crippen LogP contribution is -2.38. The summed E-state index contributed by atoms with van der Waals surface area (Å²) in [6, 6.07) is 8.48. The van der Waals surface area contributed by atoms with Crippen molar-refractivity contribution in [1.82, 2.24) is 5.32 Å². The zero-order valence-electron chi connectivity index (χ0n) is 12.0. The minimum absolute atomic E-state index is 0.202. The van der Waals surface area contributed by atoms with Gasteiger partial charge in [0.1, 0.15) is 6.61 Å². The first-order chi connectivity index (χ1) is 10.8. The zero-order chi connectivity index (χ0) is 15.4. The number of allylic oxidation sites excluding steroid dienone is 2. The van der Waals surface area contributed by atoms with E-state index in [0.717, 1.165) is 5.71 Å². The van der Waals surface area contributed by atoms with Crippen LogP contribution in [0, 0.1) is 12.3 Å². The number of hydrogen-bond donors (Lipinski definition) is 1. The number of nitrogens with one attached hydrogen (secondary N) is 1. The van der Waals surface area contributed by atoms with Gasteiger partial charge in [-0.15, -0.1) is 6.42 Å².